The van der Waals surface area contributed by atoms with E-state index in [2.05, 4.69) is 10.1 Å². The predicted octanol–water partition coefficient (Wildman–Crippen LogP) is 2.57. The van der Waals surface area contributed by atoms with E-state index in [1.54, 1.807) is 0 Å². The Hall–Kier alpha value is -2.07. The lowest BCUT2D eigenvalue weighted by atomic mass is 10.1. The Balaban J connectivity index is 1.69. The molecule has 1 heterocycles. The molecule has 1 saturated heterocycles. The number of amides is 1. The van der Waals surface area contributed by atoms with Gasteiger partial charge in [-0.05, 0) is 55.5 Å². The maximum absolute atomic E-state index is 12.7. The van der Waals surface area contributed by atoms with E-state index in [4.69, 9.17) is 0 Å². The highest BCUT2D eigenvalue weighted by molar-refractivity contribution is 7.89. The standard InChI is InChI=1S/C17H19F3N2O4S/c18-17(19,20)26-14-5-7-15(8-6-14)27(24,25)22-9-1-2-12(11-22)10-16(23)21-13-3-4-13/h5-8,10,13H,1-4,9,11H2,(H,21,23)/b12-10+. The number of halogens is 3. The fraction of sp³-hybridized carbons (Fsp3) is 0.471. The lowest BCUT2D eigenvalue weighted by Gasteiger charge is -2.28. The number of ether oxygens (including phenoxy) is 1. The first-order valence-corrected chi connectivity index (χ1v) is 9.93. The summed E-state index contributed by atoms with van der Waals surface area (Å²) in [6.45, 7) is 0.367. The van der Waals surface area contributed by atoms with Gasteiger partial charge in [0.25, 0.3) is 0 Å². The van der Waals surface area contributed by atoms with Crippen molar-refractivity contribution in [2.24, 2.45) is 0 Å². The van der Waals surface area contributed by atoms with Crippen LogP contribution >= 0.6 is 0 Å². The Morgan fingerprint density at radius 1 is 1.22 bits per heavy atom. The summed E-state index contributed by atoms with van der Waals surface area (Å²) in [6.07, 6.45) is -0.277. The molecule has 6 nitrogen and oxygen atoms in total. The summed E-state index contributed by atoms with van der Waals surface area (Å²) in [5.74, 6) is -0.710. The number of piperidine rings is 1. The quantitative estimate of drug-likeness (QED) is 0.766. The molecule has 0 radical (unpaired) electrons. The molecule has 0 atom stereocenters. The molecular formula is C17H19F3N2O4S. The van der Waals surface area contributed by atoms with Gasteiger partial charge in [0.2, 0.25) is 15.9 Å². The third-order valence-electron chi connectivity index (χ3n) is 4.24. The number of benzene rings is 1. The molecule has 3 rings (SSSR count). The smallest absolute Gasteiger partial charge is 0.406 e. The van der Waals surface area contributed by atoms with E-state index in [-0.39, 0.29) is 29.9 Å². The van der Waals surface area contributed by atoms with E-state index in [0.29, 0.717) is 18.4 Å². The Morgan fingerprint density at radius 2 is 1.89 bits per heavy atom. The summed E-state index contributed by atoms with van der Waals surface area (Å²) in [6, 6.07) is 4.30. The Labute approximate surface area is 155 Å². The third-order valence-corrected chi connectivity index (χ3v) is 6.10. The first-order valence-electron chi connectivity index (χ1n) is 8.49. The van der Waals surface area contributed by atoms with E-state index >= 15 is 0 Å². The van der Waals surface area contributed by atoms with E-state index in [1.807, 2.05) is 0 Å². The van der Waals surface area contributed by atoms with Gasteiger partial charge in [-0.2, -0.15) is 4.31 Å². The number of rotatable bonds is 5. The molecule has 10 heteroatoms. The third kappa shape index (κ3) is 5.46. The van der Waals surface area contributed by atoms with Crippen molar-refractivity contribution in [3.8, 4) is 5.75 Å². The van der Waals surface area contributed by atoms with Crippen LogP contribution in [0.3, 0.4) is 0 Å². The first-order chi connectivity index (χ1) is 12.6. The van der Waals surface area contributed by atoms with Gasteiger partial charge < -0.3 is 10.1 Å². The summed E-state index contributed by atoms with van der Waals surface area (Å²) in [4.78, 5) is 11.8. The van der Waals surface area contributed by atoms with Gasteiger partial charge in [-0.25, -0.2) is 8.42 Å². The van der Waals surface area contributed by atoms with Crippen LogP contribution in [0.15, 0.2) is 40.8 Å². The maximum Gasteiger partial charge on any atom is 0.573 e. The molecule has 1 amide bonds. The summed E-state index contributed by atoms with van der Waals surface area (Å²) < 4.78 is 67.1. The van der Waals surface area contributed by atoms with Crippen molar-refractivity contribution in [2.45, 2.75) is 43.0 Å². The van der Waals surface area contributed by atoms with Gasteiger partial charge in [0.05, 0.1) is 4.90 Å². The topological polar surface area (TPSA) is 75.7 Å². The minimum Gasteiger partial charge on any atom is -0.406 e. The zero-order valence-electron chi connectivity index (χ0n) is 14.3. The average molecular weight is 404 g/mol. The van der Waals surface area contributed by atoms with Gasteiger partial charge in [-0.1, -0.05) is 0 Å². The largest absolute Gasteiger partial charge is 0.573 e. The molecule has 1 saturated carbocycles. The average Bonchev–Trinajstić information content (AvgIpc) is 3.38. The minimum absolute atomic E-state index is 0.0845. The molecule has 1 aromatic carbocycles. The number of nitrogens with zero attached hydrogens (tertiary/aromatic N) is 1. The van der Waals surface area contributed by atoms with E-state index in [1.165, 1.54) is 10.4 Å². The van der Waals surface area contributed by atoms with Crippen LogP contribution in [0.4, 0.5) is 13.2 Å². The number of hydrogen-bond donors (Lipinski definition) is 1. The second-order valence-corrected chi connectivity index (χ2v) is 8.48. The molecule has 1 aromatic rings. The zero-order chi connectivity index (χ0) is 19.7. The van der Waals surface area contributed by atoms with Crippen LogP contribution in [0.2, 0.25) is 0 Å². The SMILES string of the molecule is O=C(/C=C1\CCCN(S(=O)(=O)c2ccc(OC(F)(F)F)cc2)C1)NC1CC1. The van der Waals surface area contributed by atoms with Crippen LogP contribution in [-0.2, 0) is 14.8 Å². The number of carbonyl (C=O) groups excluding carboxylic acids is 1. The Bertz CT molecular complexity index is 831. The number of hydrogen-bond acceptors (Lipinski definition) is 4. The molecule has 27 heavy (non-hydrogen) atoms. The minimum atomic E-state index is -4.84. The Morgan fingerprint density at radius 3 is 2.48 bits per heavy atom. The summed E-state index contributed by atoms with van der Waals surface area (Å²) in [5, 5.41) is 2.82. The molecule has 0 spiro atoms. The van der Waals surface area contributed by atoms with Crippen LogP contribution < -0.4 is 10.1 Å². The summed E-state index contributed by atoms with van der Waals surface area (Å²) >= 11 is 0. The van der Waals surface area contributed by atoms with Gasteiger partial charge in [0.15, 0.2) is 0 Å². The highest BCUT2D eigenvalue weighted by atomic mass is 32.2. The van der Waals surface area contributed by atoms with Crippen molar-refractivity contribution in [1.29, 1.82) is 0 Å². The van der Waals surface area contributed by atoms with E-state index in [9.17, 15) is 26.4 Å². The van der Waals surface area contributed by atoms with Gasteiger partial charge in [0, 0.05) is 25.2 Å². The maximum atomic E-state index is 12.7. The van der Waals surface area contributed by atoms with Crippen LogP contribution in [-0.4, -0.2) is 44.1 Å². The zero-order valence-corrected chi connectivity index (χ0v) is 15.1. The van der Waals surface area contributed by atoms with Crippen molar-refractivity contribution in [3.05, 3.63) is 35.9 Å². The van der Waals surface area contributed by atoms with Crippen LogP contribution in [0.25, 0.3) is 0 Å². The number of nitrogens with one attached hydrogen (secondary N) is 1. The predicted molar refractivity (Wildman–Crippen MR) is 90.4 cm³/mol. The Kier molecular flexibility index (Phi) is 5.48. The lowest BCUT2D eigenvalue weighted by molar-refractivity contribution is -0.274. The van der Waals surface area contributed by atoms with Crippen molar-refractivity contribution >= 4 is 15.9 Å². The van der Waals surface area contributed by atoms with Crippen LogP contribution in [0.5, 0.6) is 5.75 Å². The number of alkyl halides is 3. The molecule has 1 aliphatic carbocycles. The van der Waals surface area contributed by atoms with E-state index < -0.39 is 22.1 Å². The molecule has 2 aliphatic rings. The van der Waals surface area contributed by atoms with Crippen LogP contribution in [0.1, 0.15) is 25.7 Å². The fourth-order valence-corrected chi connectivity index (χ4v) is 4.29. The second-order valence-electron chi connectivity index (χ2n) is 6.55. The number of carbonyl (C=O) groups is 1. The van der Waals surface area contributed by atoms with Crippen molar-refractivity contribution in [2.75, 3.05) is 13.1 Å². The molecule has 0 aromatic heterocycles. The van der Waals surface area contributed by atoms with Gasteiger partial charge in [-0.15, -0.1) is 13.2 Å². The van der Waals surface area contributed by atoms with Gasteiger partial charge in [0.1, 0.15) is 5.75 Å². The van der Waals surface area contributed by atoms with Gasteiger partial charge in [-0.3, -0.25) is 4.79 Å². The number of sulfonamides is 1. The lowest BCUT2D eigenvalue weighted by Crippen LogP contribution is -2.37. The molecule has 148 valence electrons. The monoisotopic (exact) mass is 404 g/mol. The molecule has 1 aliphatic heterocycles. The normalized spacial score (nSPS) is 20.5. The van der Waals surface area contributed by atoms with E-state index in [0.717, 1.165) is 37.1 Å². The molecule has 1 N–H and O–H groups in total. The summed E-state index contributed by atoms with van der Waals surface area (Å²) in [7, 11) is -3.88. The van der Waals surface area contributed by atoms with Crippen LogP contribution in [0, 0.1) is 0 Å². The van der Waals surface area contributed by atoms with Gasteiger partial charge >= 0.3 is 6.36 Å². The molecule has 2 fully saturated rings. The van der Waals surface area contributed by atoms with Crippen molar-refractivity contribution < 1.29 is 31.1 Å². The molecular weight excluding hydrogens is 385 g/mol. The highest BCUT2D eigenvalue weighted by Crippen LogP contribution is 2.27. The fourth-order valence-electron chi connectivity index (χ4n) is 2.81. The van der Waals surface area contributed by atoms with Crippen molar-refractivity contribution in [1.82, 2.24) is 9.62 Å². The molecule has 0 bridgehead atoms. The second kappa shape index (κ2) is 7.51. The molecule has 0 unspecified atom stereocenters. The highest BCUT2D eigenvalue weighted by Gasteiger charge is 2.32. The van der Waals surface area contributed by atoms with Crippen molar-refractivity contribution in [3.63, 3.8) is 0 Å². The summed E-state index contributed by atoms with van der Waals surface area (Å²) in [5.41, 5.74) is 0.708. The first kappa shape index (κ1) is 19.7.